The number of halogens is 1. The van der Waals surface area contributed by atoms with Crippen molar-refractivity contribution in [1.82, 2.24) is 9.88 Å². The van der Waals surface area contributed by atoms with Crippen LogP contribution in [0.2, 0.25) is 0 Å². The van der Waals surface area contributed by atoms with Crippen molar-refractivity contribution in [3.05, 3.63) is 58.7 Å². The van der Waals surface area contributed by atoms with Gasteiger partial charge in [0.05, 0.1) is 30.0 Å². The molecule has 1 fully saturated rings. The van der Waals surface area contributed by atoms with E-state index in [2.05, 4.69) is 13.8 Å². The van der Waals surface area contributed by atoms with E-state index in [1.54, 1.807) is 17.0 Å². The van der Waals surface area contributed by atoms with Crippen LogP contribution in [0.1, 0.15) is 111 Å². The molecular formula is C37H49FN2O7. The van der Waals surface area contributed by atoms with Gasteiger partial charge >= 0.3 is 11.9 Å². The van der Waals surface area contributed by atoms with Crippen molar-refractivity contribution in [3.8, 4) is 11.1 Å². The maximum Gasteiger partial charge on any atom is 0.308 e. The summed E-state index contributed by atoms with van der Waals surface area (Å²) in [7, 11) is 0. The van der Waals surface area contributed by atoms with Crippen LogP contribution in [0.3, 0.4) is 0 Å². The Morgan fingerprint density at radius 3 is 2.36 bits per heavy atom. The lowest BCUT2D eigenvalue weighted by Crippen LogP contribution is -2.47. The molecule has 0 aliphatic carbocycles. The van der Waals surface area contributed by atoms with Gasteiger partial charge in [-0.2, -0.15) is 0 Å². The summed E-state index contributed by atoms with van der Waals surface area (Å²) in [4.78, 5) is 44.3. The van der Waals surface area contributed by atoms with E-state index < -0.39 is 28.9 Å². The molecule has 1 amide bonds. The Bertz CT molecular complexity index is 1520. The average molecular weight is 653 g/mol. The Kier molecular flexibility index (Phi) is 10.7. The minimum Gasteiger partial charge on any atom is -0.460 e. The minimum atomic E-state index is -0.943. The largest absolute Gasteiger partial charge is 0.460 e. The first-order valence-electron chi connectivity index (χ1n) is 16.2. The van der Waals surface area contributed by atoms with Gasteiger partial charge in [0.1, 0.15) is 11.4 Å². The monoisotopic (exact) mass is 652 g/mol. The minimum absolute atomic E-state index is 0.0329. The molecule has 0 unspecified atom stereocenters. The number of fused-ring (bicyclic) bond motifs is 1. The molecule has 2 atom stereocenters. The average Bonchev–Trinajstić information content (AvgIpc) is 2.92. The molecule has 10 heteroatoms. The second-order valence-corrected chi connectivity index (χ2v) is 14.9. The molecule has 9 nitrogen and oxygen atoms in total. The van der Waals surface area contributed by atoms with Gasteiger partial charge in [-0.3, -0.25) is 19.4 Å². The standard InChI is InChI=1S/C37H49FN2O7/c1-22(2)33-28(16-15-26-17-27(46-37(9,10)45-26)18-31(43)47-35(4,5)6)32(24-11-13-25(38)14-12-24)29-19-40(30(42)20-44-23(3)41)21-36(7,8)34(29)39-33/h11-16,22,26-27H,17-21H2,1-10H3/b16-15+/t26-,27-/m1/s1. The second-order valence-electron chi connectivity index (χ2n) is 14.9. The second kappa shape index (κ2) is 13.8. The van der Waals surface area contributed by atoms with Crippen LogP contribution in [-0.2, 0) is 45.3 Å². The number of nitrogens with zero attached hydrogens (tertiary/aromatic N) is 2. The van der Waals surface area contributed by atoms with Crippen molar-refractivity contribution in [3.63, 3.8) is 0 Å². The summed E-state index contributed by atoms with van der Waals surface area (Å²) in [5.41, 5.74) is 3.94. The highest BCUT2D eigenvalue weighted by Crippen LogP contribution is 2.43. The van der Waals surface area contributed by atoms with Crippen LogP contribution in [0.4, 0.5) is 4.39 Å². The molecule has 2 aromatic rings. The summed E-state index contributed by atoms with van der Waals surface area (Å²) >= 11 is 0. The predicted molar refractivity (Wildman–Crippen MR) is 177 cm³/mol. The van der Waals surface area contributed by atoms with E-state index in [0.29, 0.717) is 13.0 Å². The number of ether oxygens (including phenoxy) is 4. The number of esters is 2. The molecule has 1 aromatic carbocycles. The quantitative estimate of drug-likeness (QED) is 0.285. The van der Waals surface area contributed by atoms with E-state index in [-0.39, 0.29) is 49.3 Å². The SMILES string of the molecule is CC(=O)OCC(=O)N1Cc2c(nc(C(C)C)c(/C=C/[C@@H]3C[C@H](CC(=O)OC(C)(C)C)OC(C)(C)O3)c2-c2ccc(F)cc2)C(C)(C)C1. The summed E-state index contributed by atoms with van der Waals surface area (Å²) in [6.07, 6.45) is 3.69. The van der Waals surface area contributed by atoms with E-state index in [1.807, 2.05) is 60.6 Å². The third-order valence-corrected chi connectivity index (χ3v) is 8.05. The van der Waals surface area contributed by atoms with Gasteiger partial charge in [-0.25, -0.2) is 4.39 Å². The van der Waals surface area contributed by atoms with E-state index in [9.17, 15) is 18.8 Å². The number of hydrogen-bond donors (Lipinski definition) is 0. The zero-order chi connectivity index (χ0) is 34.9. The fourth-order valence-corrected chi connectivity index (χ4v) is 6.32. The van der Waals surface area contributed by atoms with E-state index in [0.717, 1.165) is 33.6 Å². The number of hydrogen-bond acceptors (Lipinski definition) is 8. The number of rotatable bonds is 8. The molecule has 0 spiro atoms. The highest BCUT2D eigenvalue weighted by molar-refractivity contribution is 5.84. The summed E-state index contributed by atoms with van der Waals surface area (Å²) < 4.78 is 37.2. The lowest BCUT2D eigenvalue weighted by molar-refractivity contribution is -0.290. The Hall–Kier alpha value is -3.63. The number of aromatic nitrogens is 1. The normalized spacial score (nSPS) is 20.6. The summed E-state index contributed by atoms with van der Waals surface area (Å²) in [6, 6.07) is 6.33. The van der Waals surface area contributed by atoms with Gasteiger partial charge in [-0.05, 0) is 63.8 Å². The first-order valence-corrected chi connectivity index (χ1v) is 16.2. The number of amides is 1. The third-order valence-electron chi connectivity index (χ3n) is 8.05. The number of pyridine rings is 1. The molecular weight excluding hydrogens is 603 g/mol. The van der Waals surface area contributed by atoms with Crippen molar-refractivity contribution in [2.45, 2.75) is 124 Å². The van der Waals surface area contributed by atoms with Gasteiger partial charge in [0.25, 0.3) is 5.91 Å². The van der Waals surface area contributed by atoms with Crippen LogP contribution in [0.5, 0.6) is 0 Å². The molecule has 0 radical (unpaired) electrons. The maximum absolute atomic E-state index is 14.2. The van der Waals surface area contributed by atoms with Crippen molar-refractivity contribution in [1.29, 1.82) is 0 Å². The zero-order valence-corrected chi connectivity index (χ0v) is 29.4. The van der Waals surface area contributed by atoms with Crippen LogP contribution < -0.4 is 0 Å². The van der Waals surface area contributed by atoms with Crippen molar-refractivity contribution < 1.29 is 37.7 Å². The summed E-state index contributed by atoms with van der Waals surface area (Å²) in [6.45, 7) is 19.0. The van der Waals surface area contributed by atoms with Gasteiger partial charge in [0, 0.05) is 43.0 Å². The number of carbonyl (C=O) groups is 3. The first-order chi connectivity index (χ1) is 21.7. The molecule has 3 heterocycles. The van der Waals surface area contributed by atoms with Crippen molar-refractivity contribution in [2.75, 3.05) is 13.2 Å². The molecule has 0 saturated carbocycles. The lowest BCUT2D eigenvalue weighted by Gasteiger charge is -2.41. The van der Waals surface area contributed by atoms with Gasteiger partial charge in [-0.1, -0.05) is 52.0 Å². The Balaban J connectivity index is 1.81. The summed E-state index contributed by atoms with van der Waals surface area (Å²) in [5, 5.41) is 0. The van der Waals surface area contributed by atoms with Crippen LogP contribution >= 0.6 is 0 Å². The van der Waals surface area contributed by atoms with Crippen LogP contribution in [-0.4, -0.2) is 64.5 Å². The fraction of sp³-hybridized carbons (Fsp3) is 0.568. The predicted octanol–water partition coefficient (Wildman–Crippen LogP) is 6.85. The first kappa shape index (κ1) is 36.2. The van der Waals surface area contributed by atoms with Crippen LogP contribution in [0.15, 0.2) is 30.3 Å². The number of carbonyl (C=O) groups excluding carboxylic acids is 3. The van der Waals surface area contributed by atoms with Gasteiger partial charge < -0.3 is 23.8 Å². The topological polar surface area (TPSA) is 104 Å². The highest BCUT2D eigenvalue weighted by atomic mass is 19.1. The molecule has 0 bridgehead atoms. The van der Waals surface area contributed by atoms with Gasteiger partial charge in [0.15, 0.2) is 12.4 Å². The number of benzene rings is 1. The zero-order valence-electron chi connectivity index (χ0n) is 29.4. The van der Waals surface area contributed by atoms with Gasteiger partial charge in [0.2, 0.25) is 0 Å². The van der Waals surface area contributed by atoms with Crippen molar-refractivity contribution in [2.24, 2.45) is 0 Å². The van der Waals surface area contributed by atoms with E-state index in [4.69, 9.17) is 23.9 Å². The van der Waals surface area contributed by atoms with E-state index >= 15 is 0 Å². The Morgan fingerprint density at radius 1 is 1.11 bits per heavy atom. The van der Waals surface area contributed by atoms with Crippen LogP contribution in [0, 0.1) is 5.82 Å². The molecule has 4 rings (SSSR count). The maximum atomic E-state index is 14.2. The molecule has 1 aromatic heterocycles. The Labute approximate surface area is 277 Å². The van der Waals surface area contributed by atoms with Crippen molar-refractivity contribution >= 4 is 23.9 Å². The third kappa shape index (κ3) is 9.26. The van der Waals surface area contributed by atoms with E-state index in [1.165, 1.54) is 19.1 Å². The lowest BCUT2D eigenvalue weighted by atomic mass is 9.77. The fourth-order valence-electron chi connectivity index (χ4n) is 6.32. The molecule has 2 aliphatic rings. The van der Waals surface area contributed by atoms with Gasteiger partial charge in [-0.15, -0.1) is 0 Å². The Morgan fingerprint density at radius 2 is 1.77 bits per heavy atom. The smallest absolute Gasteiger partial charge is 0.308 e. The summed E-state index contributed by atoms with van der Waals surface area (Å²) in [5.74, 6) is -2.43. The molecule has 1 saturated heterocycles. The molecule has 47 heavy (non-hydrogen) atoms. The highest BCUT2D eigenvalue weighted by Gasteiger charge is 2.39. The van der Waals surface area contributed by atoms with Crippen LogP contribution in [0.25, 0.3) is 17.2 Å². The molecule has 256 valence electrons. The molecule has 2 aliphatic heterocycles. The molecule has 0 N–H and O–H groups in total.